The first-order valence-corrected chi connectivity index (χ1v) is 8.13. The quantitative estimate of drug-likeness (QED) is 0.751. The number of aryl methyl sites for hydroxylation is 1. The van der Waals surface area contributed by atoms with E-state index in [0.29, 0.717) is 0 Å². The zero-order chi connectivity index (χ0) is 16.8. The molecule has 0 amide bonds. The molecular formula is C21H19N3. The molecule has 0 saturated carbocycles. The van der Waals surface area contributed by atoms with E-state index < -0.39 is 0 Å². The minimum Gasteiger partial charge on any atom is -0.370 e. The van der Waals surface area contributed by atoms with Crippen molar-refractivity contribution < 1.29 is 0 Å². The summed E-state index contributed by atoms with van der Waals surface area (Å²) in [7, 11) is 0. The van der Waals surface area contributed by atoms with Gasteiger partial charge in [0.05, 0.1) is 11.3 Å². The number of rotatable bonds is 1. The Morgan fingerprint density at radius 2 is 1.88 bits per heavy atom. The Labute approximate surface area is 143 Å². The molecule has 1 aromatic heterocycles. The number of aromatic nitrogens is 1. The zero-order valence-corrected chi connectivity index (χ0v) is 13.8. The Balaban J connectivity index is 1.64. The summed E-state index contributed by atoms with van der Waals surface area (Å²) < 4.78 is 0. The van der Waals surface area contributed by atoms with Crippen LogP contribution >= 0.6 is 0 Å². The first kappa shape index (κ1) is 15.8. The highest BCUT2D eigenvalue weighted by atomic mass is 15.1. The Morgan fingerprint density at radius 1 is 1.08 bits per heavy atom. The zero-order valence-electron chi connectivity index (χ0n) is 13.8. The van der Waals surface area contributed by atoms with Crippen molar-refractivity contribution in [2.75, 3.05) is 18.0 Å². The fourth-order valence-corrected chi connectivity index (χ4v) is 2.85. The van der Waals surface area contributed by atoms with Crippen LogP contribution in [0.3, 0.4) is 0 Å². The fourth-order valence-electron chi connectivity index (χ4n) is 2.85. The summed E-state index contributed by atoms with van der Waals surface area (Å²) in [6, 6.07) is 16.0. The van der Waals surface area contributed by atoms with Crippen LogP contribution in [-0.4, -0.2) is 18.1 Å². The Morgan fingerprint density at radius 3 is 2.62 bits per heavy atom. The molecule has 0 spiro atoms. The van der Waals surface area contributed by atoms with E-state index in [9.17, 15) is 5.26 Å². The van der Waals surface area contributed by atoms with Crippen molar-refractivity contribution >= 4 is 5.69 Å². The third-order valence-electron chi connectivity index (χ3n) is 4.14. The molecule has 0 unspecified atom stereocenters. The number of hydrogen-bond acceptors (Lipinski definition) is 3. The number of nitrogens with zero attached hydrogens (tertiary/aromatic N) is 3. The van der Waals surface area contributed by atoms with Gasteiger partial charge in [0.25, 0.3) is 0 Å². The fraction of sp³-hybridized carbons (Fsp3) is 0.238. The molecule has 3 nitrogen and oxygen atoms in total. The SMILES string of the molecule is Cc1cccc(C#CC=C2CCN(c3ccccc3C#N)CC2)n1. The third kappa shape index (κ3) is 3.83. The van der Waals surface area contributed by atoms with Gasteiger partial charge < -0.3 is 4.90 Å². The molecule has 24 heavy (non-hydrogen) atoms. The number of allylic oxidation sites excluding steroid dienone is 1. The molecule has 1 aliphatic heterocycles. The average Bonchev–Trinajstić information content (AvgIpc) is 2.62. The van der Waals surface area contributed by atoms with Gasteiger partial charge in [-0.3, -0.25) is 0 Å². The van der Waals surface area contributed by atoms with Crippen molar-refractivity contribution in [3.63, 3.8) is 0 Å². The lowest BCUT2D eigenvalue weighted by molar-refractivity contribution is 0.685. The van der Waals surface area contributed by atoms with Crippen molar-refractivity contribution in [1.82, 2.24) is 4.98 Å². The van der Waals surface area contributed by atoms with E-state index in [4.69, 9.17) is 0 Å². The number of pyridine rings is 1. The second-order valence-electron chi connectivity index (χ2n) is 5.85. The maximum absolute atomic E-state index is 9.23. The van der Waals surface area contributed by atoms with Gasteiger partial charge in [-0.1, -0.05) is 29.7 Å². The number of anilines is 1. The van der Waals surface area contributed by atoms with Crippen LogP contribution in [-0.2, 0) is 0 Å². The maximum Gasteiger partial charge on any atom is 0.113 e. The molecular weight excluding hydrogens is 294 g/mol. The van der Waals surface area contributed by atoms with Crippen LogP contribution < -0.4 is 4.90 Å². The molecule has 3 rings (SSSR count). The molecule has 3 heteroatoms. The first-order valence-electron chi connectivity index (χ1n) is 8.13. The molecule has 1 saturated heterocycles. The largest absolute Gasteiger partial charge is 0.370 e. The number of piperidine rings is 1. The summed E-state index contributed by atoms with van der Waals surface area (Å²) in [5, 5.41) is 9.23. The molecule has 0 bridgehead atoms. The summed E-state index contributed by atoms with van der Waals surface area (Å²) in [4.78, 5) is 6.67. The van der Waals surface area contributed by atoms with Gasteiger partial charge in [-0.25, -0.2) is 4.98 Å². The summed E-state index contributed by atoms with van der Waals surface area (Å²) in [6.45, 7) is 3.82. The van der Waals surface area contributed by atoms with Crippen molar-refractivity contribution in [3.05, 3.63) is 71.1 Å². The van der Waals surface area contributed by atoms with E-state index >= 15 is 0 Å². The molecule has 1 fully saturated rings. The van der Waals surface area contributed by atoms with E-state index in [1.54, 1.807) is 0 Å². The molecule has 0 aliphatic carbocycles. The number of nitriles is 1. The highest BCUT2D eigenvalue weighted by Crippen LogP contribution is 2.25. The van der Waals surface area contributed by atoms with Gasteiger partial charge in [-0.15, -0.1) is 0 Å². The molecule has 0 radical (unpaired) electrons. The third-order valence-corrected chi connectivity index (χ3v) is 4.14. The van der Waals surface area contributed by atoms with Crippen molar-refractivity contribution in [2.24, 2.45) is 0 Å². The van der Waals surface area contributed by atoms with Crippen molar-refractivity contribution in [1.29, 1.82) is 5.26 Å². The van der Waals surface area contributed by atoms with E-state index in [2.05, 4.69) is 27.8 Å². The standard InChI is InChI=1S/C21H19N3/c1-17-6-4-9-20(23-17)10-5-7-18-12-14-24(15-13-18)21-11-3-2-8-19(21)16-22/h2-4,6-9,11H,12-15H2,1H3. The predicted octanol–water partition coefficient (Wildman–Crippen LogP) is 3.84. The van der Waals surface area contributed by atoms with E-state index in [0.717, 1.165) is 48.6 Å². The van der Waals surface area contributed by atoms with Crippen LogP contribution in [0.15, 0.2) is 54.1 Å². The minimum atomic E-state index is 0.746. The van der Waals surface area contributed by atoms with Crippen LogP contribution in [0, 0.1) is 30.1 Å². The summed E-state index contributed by atoms with van der Waals surface area (Å²) in [6.07, 6.45) is 3.99. The average molecular weight is 313 g/mol. The second-order valence-corrected chi connectivity index (χ2v) is 5.85. The lowest BCUT2D eigenvalue weighted by Crippen LogP contribution is -2.31. The van der Waals surface area contributed by atoms with E-state index in [-0.39, 0.29) is 0 Å². The van der Waals surface area contributed by atoms with Gasteiger partial charge in [0.15, 0.2) is 0 Å². The van der Waals surface area contributed by atoms with E-state index in [1.807, 2.05) is 55.5 Å². The van der Waals surface area contributed by atoms with Gasteiger partial charge in [0, 0.05) is 18.8 Å². The lowest BCUT2D eigenvalue weighted by Gasteiger charge is -2.30. The van der Waals surface area contributed by atoms with Crippen LogP contribution in [0.1, 0.15) is 29.8 Å². The smallest absolute Gasteiger partial charge is 0.113 e. The molecule has 0 atom stereocenters. The van der Waals surface area contributed by atoms with Gasteiger partial charge >= 0.3 is 0 Å². The second kappa shape index (κ2) is 7.49. The van der Waals surface area contributed by atoms with Crippen molar-refractivity contribution in [3.8, 4) is 17.9 Å². The molecule has 118 valence electrons. The summed E-state index contributed by atoms with van der Waals surface area (Å²) >= 11 is 0. The van der Waals surface area contributed by atoms with Crippen LogP contribution in [0.25, 0.3) is 0 Å². The van der Waals surface area contributed by atoms with Crippen LogP contribution in [0.2, 0.25) is 0 Å². The van der Waals surface area contributed by atoms with Gasteiger partial charge in [0.2, 0.25) is 0 Å². The maximum atomic E-state index is 9.23. The van der Waals surface area contributed by atoms with Gasteiger partial charge in [-0.05, 0) is 56.0 Å². The van der Waals surface area contributed by atoms with Gasteiger partial charge in [-0.2, -0.15) is 5.26 Å². The van der Waals surface area contributed by atoms with Crippen molar-refractivity contribution in [2.45, 2.75) is 19.8 Å². The summed E-state index contributed by atoms with van der Waals surface area (Å²) in [5.74, 6) is 6.23. The minimum absolute atomic E-state index is 0.746. The Hall–Kier alpha value is -3.04. The molecule has 1 aromatic carbocycles. The lowest BCUT2D eigenvalue weighted by atomic mass is 10.0. The highest BCUT2D eigenvalue weighted by Gasteiger charge is 2.16. The Kier molecular flexibility index (Phi) is 4.94. The molecule has 1 aliphatic rings. The molecule has 2 aromatic rings. The number of para-hydroxylation sites is 1. The number of hydrogen-bond donors (Lipinski definition) is 0. The number of benzene rings is 1. The van der Waals surface area contributed by atoms with Crippen LogP contribution in [0.5, 0.6) is 0 Å². The monoisotopic (exact) mass is 313 g/mol. The molecule has 2 heterocycles. The normalized spacial score (nSPS) is 13.7. The van der Waals surface area contributed by atoms with Crippen LogP contribution in [0.4, 0.5) is 5.69 Å². The summed E-state index contributed by atoms with van der Waals surface area (Å²) in [5.41, 5.74) is 4.94. The van der Waals surface area contributed by atoms with E-state index in [1.165, 1.54) is 5.57 Å². The molecule has 0 N–H and O–H groups in total. The highest BCUT2D eigenvalue weighted by molar-refractivity contribution is 5.59. The first-order chi connectivity index (χ1) is 11.8. The predicted molar refractivity (Wildman–Crippen MR) is 96.5 cm³/mol. The Bertz CT molecular complexity index is 852. The van der Waals surface area contributed by atoms with Gasteiger partial charge in [0.1, 0.15) is 11.8 Å². The topological polar surface area (TPSA) is 39.9 Å².